The van der Waals surface area contributed by atoms with E-state index < -0.39 is 0 Å². The van der Waals surface area contributed by atoms with Gasteiger partial charge in [0.15, 0.2) is 0 Å². The zero-order valence-corrected chi connectivity index (χ0v) is 6.86. The average Bonchev–Trinajstić information content (AvgIpc) is 2.03. The summed E-state index contributed by atoms with van der Waals surface area (Å²) in [5.41, 5.74) is 0. The van der Waals surface area contributed by atoms with Crippen molar-refractivity contribution in [3.8, 4) is 0 Å². The predicted octanol–water partition coefficient (Wildman–Crippen LogP) is 2.70. The van der Waals surface area contributed by atoms with Crippen LogP contribution in [0.15, 0.2) is 11.8 Å². The molecule has 0 N–H and O–H groups in total. The average molecular weight is 161 g/mol. The Labute approximate surface area is 67.0 Å². The van der Waals surface area contributed by atoms with E-state index in [1.807, 2.05) is 0 Å². The van der Waals surface area contributed by atoms with Gasteiger partial charge in [-0.25, -0.2) is 0 Å². The first-order valence-electron chi connectivity index (χ1n) is 3.81. The van der Waals surface area contributed by atoms with Crippen LogP contribution in [0.25, 0.3) is 0 Å². The first-order valence-corrected chi connectivity index (χ1v) is 4.35. The van der Waals surface area contributed by atoms with Gasteiger partial charge in [0.1, 0.15) is 0 Å². The number of hydrogen-bond donors (Lipinski definition) is 0. The molecule has 2 heteroatoms. The topological polar surface area (TPSA) is 9.23 Å². The number of hydrogen-bond acceptors (Lipinski definition) is 1. The van der Waals surface area contributed by atoms with Gasteiger partial charge >= 0.3 is 0 Å². The van der Waals surface area contributed by atoms with Crippen LogP contribution in [0.5, 0.6) is 0 Å². The molecule has 0 bridgehead atoms. The number of allylic oxidation sites excluding steroid dienone is 2. The lowest BCUT2D eigenvalue weighted by Crippen LogP contribution is -2.00. The number of halogens is 1. The maximum absolute atomic E-state index is 5.54. The van der Waals surface area contributed by atoms with Crippen LogP contribution in [-0.4, -0.2) is 12.5 Å². The lowest BCUT2D eigenvalue weighted by atomic mass is 10.2. The smallest absolute Gasteiger partial charge is 0.0920 e. The molecule has 0 amide bonds. The summed E-state index contributed by atoms with van der Waals surface area (Å²) in [5, 5.41) is 0. The standard InChI is InChI=1S/C8H13ClO/c9-6-3-5-8-4-1-2-7-10-8/h4H,1-3,5-7H2. The molecule has 0 unspecified atom stereocenters. The Morgan fingerprint density at radius 2 is 2.50 bits per heavy atom. The van der Waals surface area contributed by atoms with Gasteiger partial charge in [0, 0.05) is 12.3 Å². The second kappa shape index (κ2) is 4.62. The maximum Gasteiger partial charge on any atom is 0.0920 e. The summed E-state index contributed by atoms with van der Waals surface area (Å²) in [4.78, 5) is 0. The van der Waals surface area contributed by atoms with Crippen LogP contribution in [0.4, 0.5) is 0 Å². The van der Waals surface area contributed by atoms with Gasteiger partial charge in [-0.2, -0.15) is 0 Å². The Morgan fingerprint density at radius 3 is 3.10 bits per heavy atom. The van der Waals surface area contributed by atoms with E-state index in [4.69, 9.17) is 16.3 Å². The van der Waals surface area contributed by atoms with Gasteiger partial charge in [0.2, 0.25) is 0 Å². The van der Waals surface area contributed by atoms with E-state index in [1.54, 1.807) is 0 Å². The van der Waals surface area contributed by atoms with Gasteiger partial charge in [-0.1, -0.05) is 0 Å². The summed E-state index contributed by atoms with van der Waals surface area (Å²) in [6.07, 6.45) is 6.58. The van der Waals surface area contributed by atoms with E-state index in [0.29, 0.717) is 0 Å². The number of alkyl halides is 1. The van der Waals surface area contributed by atoms with Crippen molar-refractivity contribution in [2.45, 2.75) is 25.7 Å². The fourth-order valence-corrected chi connectivity index (χ4v) is 1.16. The molecule has 0 aromatic rings. The molecule has 0 aromatic heterocycles. The Balaban J connectivity index is 2.18. The second-order valence-corrected chi connectivity index (χ2v) is 2.83. The van der Waals surface area contributed by atoms with Crippen molar-refractivity contribution in [3.05, 3.63) is 11.8 Å². The quantitative estimate of drug-likeness (QED) is 0.577. The van der Waals surface area contributed by atoms with Crippen molar-refractivity contribution in [3.63, 3.8) is 0 Å². The highest BCUT2D eigenvalue weighted by molar-refractivity contribution is 6.17. The van der Waals surface area contributed by atoms with Crippen molar-refractivity contribution in [1.29, 1.82) is 0 Å². The predicted molar refractivity (Wildman–Crippen MR) is 43.2 cm³/mol. The Kier molecular flexibility index (Phi) is 3.66. The molecule has 1 heterocycles. The van der Waals surface area contributed by atoms with Crippen LogP contribution in [0.2, 0.25) is 0 Å². The zero-order valence-electron chi connectivity index (χ0n) is 6.11. The van der Waals surface area contributed by atoms with E-state index >= 15 is 0 Å². The molecule has 1 rings (SSSR count). The van der Waals surface area contributed by atoms with Crippen LogP contribution >= 0.6 is 11.6 Å². The summed E-state index contributed by atoms with van der Waals surface area (Å²) in [6.45, 7) is 0.897. The van der Waals surface area contributed by atoms with Crippen molar-refractivity contribution in [2.24, 2.45) is 0 Å². The molecule has 0 saturated carbocycles. The molecule has 0 spiro atoms. The molecule has 0 aromatic carbocycles. The van der Waals surface area contributed by atoms with E-state index in [0.717, 1.165) is 31.1 Å². The van der Waals surface area contributed by atoms with Gasteiger partial charge in [0.25, 0.3) is 0 Å². The molecular weight excluding hydrogens is 148 g/mol. The summed E-state index contributed by atoms with van der Waals surface area (Å²) in [6, 6.07) is 0. The van der Waals surface area contributed by atoms with Crippen LogP contribution in [-0.2, 0) is 4.74 Å². The maximum atomic E-state index is 5.54. The first-order chi connectivity index (χ1) is 4.93. The van der Waals surface area contributed by atoms with Crippen molar-refractivity contribution < 1.29 is 4.74 Å². The minimum atomic E-state index is 0.737. The molecule has 10 heavy (non-hydrogen) atoms. The summed E-state index contributed by atoms with van der Waals surface area (Å²) < 4.78 is 5.38. The van der Waals surface area contributed by atoms with Crippen molar-refractivity contribution in [1.82, 2.24) is 0 Å². The molecule has 0 radical (unpaired) electrons. The molecule has 1 aliphatic heterocycles. The normalized spacial score (nSPS) is 17.9. The van der Waals surface area contributed by atoms with Crippen molar-refractivity contribution in [2.75, 3.05) is 12.5 Å². The van der Waals surface area contributed by atoms with Gasteiger partial charge in [0.05, 0.1) is 12.4 Å². The van der Waals surface area contributed by atoms with Crippen LogP contribution in [0.3, 0.4) is 0 Å². The molecule has 58 valence electrons. The third-order valence-corrected chi connectivity index (χ3v) is 1.83. The van der Waals surface area contributed by atoms with E-state index in [1.165, 1.54) is 12.8 Å². The Bertz CT molecular complexity index is 120. The van der Waals surface area contributed by atoms with E-state index in [-0.39, 0.29) is 0 Å². The third-order valence-electron chi connectivity index (χ3n) is 1.56. The van der Waals surface area contributed by atoms with Gasteiger partial charge < -0.3 is 4.74 Å². The molecule has 0 fully saturated rings. The highest BCUT2D eigenvalue weighted by atomic mass is 35.5. The molecule has 0 aliphatic carbocycles. The second-order valence-electron chi connectivity index (χ2n) is 2.45. The fourth-order valence-electron chi connectivity index (χ4n) is 1.02. The minimum absolute atomic E-state index is 0.737. The van der Waals surface area contributed by atoms with Gasteiger partial charge in [-0.15, -0.1) is 11.6 Å². The first kappa shape index (κ1) is 7.93. The molecular formula is C8H13ClO. The highest BCUT2D eigenvalue weighted by Gasteiger charge is 2.02. The fraction of sp³-hybridized carbons (Fsp3) is 0.750. The lowest BCUT2D eigenvalue weighted by Gasteiger charge is -2.13. The highest BCUT2D eigenvalue weighted by Crippen LogP contribution is 2.14. The van der Waals surface area contributed by atoms with Crippen LogP contribution in [0.1, 0.15) is 25.7 Å². The number of ether oxygens (including phenoxy) is 1. The van der Waals surface area contributed by atoms with E-state index in [2.05, 4.69) is 6.08 Å². The van der Waals surface area contributed by atoms with Crippen LogP contribution in [0, 0.1) is 0 Å². The van der Waals surface area contributed by atoms with E-state index in [9.17, 15) is 0 Å². The summed E-state index contributed by atoms with van der Waals surface area (Å²) in [5.74, 6) is 1.88. The zero-order chi connectivity index (χ0) is 7.23. The SMILES string of the molecule is ClCCCC1=CCCCO1. The van der Waals surface area contributed by atoms with Gasteiger partial charge in [-0.05, 0) is 25.3 Å². The largest absolute Gasteiger partial charge is 0.498 e. The Hall–Kier alpha value is -0.170. The third kappa shape index (κ3) is 2.61. The van der Waals surface area contributed by atoms with Crippen molar-refractivity contribution >= 4 is 11.6 Å². The summed E-state index contributed by atoms with van der Waals surface area (Å²) >= 11 is 5.54. The molecule has 0 atom stereocenters. The van der Waals surface area contributed by atoms with Gasteiger partial charge in [-0.3, -0.25) is 0 Å². The Morgan fingerprint density at radius 1 is 1.60 bits per heavy atom. The molecule has 1 aliphatic rings. The van der Waals surface area contributed by atoms with Crippen LogP contribution < -0.4 is 0 Å². The molecule has 0 saturated heterocycles. The summed E-state index contributed by atoms with van der Waals surface area (Å²) in [7, 11) is 0. The monoisotopic (exact) mass is 160 g/mol. The number of rotatable bonds is 3. The lowest BCUT2D eigenvalue weighted by molar-refractivity contribution is 0.183. The molecule has 1 nitrogen and oxygen atoms in total. The minimum Gasteiger partial charge on any atom is -0.498 e.